The molecule has 2 aromatic carbocycles. The van der Waals surface area contributed by atoms with Gasteiger partial charge in [0.2, 0.25) is 0 Å². The first kappa shape index (κ1) is 17.9. The van der Waals surface area contributed by atoms with Gasteiger partial charge >= 0.3 is 0 Å². The van der Waals surface area contributed by atoms with Crippen molar-refractivity contribution in [1.29, 1.82) is 0 Å². The summed E-state index contributed by atoms with van der Waals surface area (Å²) in [4.78, 5) is 16.8. The molecule has 0 fully saturated rings. The molecular weight excluding hydrogens is 354 g/mol. The third-order valence-corrected chi connectivity index (χ3v) is 4.60. The summed E-state index contributed by atoms with van der Waals surface area (Å²) in [5.41, 5.74) is 5.24. The van der Waals surface area contributed by atoms with Gasteiger partial charge in [0.1, 0.15) is 13.2 Å². The van der Waals surface area contributed by atoms with E-state index in [4.69, 9.17) is 9.47 Å². The highest BCUT2D eigenvalue weighted by atomic mass is 16.6. The van der Waals surface area contributed by atoms with Gasteiger partial charge in [0, 0.05) is 23.6 Å². The Kier molecular flexibility index (Phi) is 4.85. The predicted molar refractivity (Wildman–Crippen MR) is 109 cm³/mol. The van der Waals surface area contributed by atoms with E-state index in [1.54, 1.807) is 36.7 Å². The quantitative estimate of drug-likeness (QED) is 0.704. The summed E-state index contributed by atoms with van der Waals surface area (Å²) < 4.78 is 11.1. The lowest BCUT2D eigenvalue weighted by molar-refractivity contribution is 0.102. The molecule has 0 saturated carbocycles. The molecule has 0 unspecified atom stereocenters. The zero-order valence-corrected chi connectivity index (χ0v) is 15.8. The molecule has 142 valence electrons. The van der Waals surface area contributed by atoms with E-state index in [1.807, 2.05) is 6.07 Å². The van der Waals surface area contributed by atoms with Gasteiger partial charge in [-0.05, 0) is 55.3 Å². The maximum atomic E-state index is 12.6. The molecule has 1 aliphatic heterocycles. The Balaban J connectivity index is 1.49. The number of aromatic nitrogens is 1. The van der Waals surface area contributed by atoms with Gasteiger partial charge < -0.3 is 20.1 Å². The molecule has 28 heavy (non-hydrogen) atoms. The summed E-state index contributed by atoms with van der Waals surface area (Å²) in [6.45, 7) is 5.17. The minimum Gasteiger partial charge on any atom is -0.486 e. The summed E-state index contributed by atoms with van der Waals surface area (Å²) in [7, 11) is 0. The molecule has 6 heteroatoms. The minimum atomic E-state index is -0.243. The fraction of sp³-hybridized carbons (Fsp3) is 0.182. The smallest absolute Gasteiger partial charge is 0.257 e. The lowest BCUT2D eigenvalue weighted by Crippen LogP contribution is -2.16. The van der Waals surface area contributed by atoms with Gasteiger partial charge in [-0.1, -0.05) is 6.07 Å². The van der Waals surface area contributed by atoms with E-state index in [1.165, 1.54) is 11.1 Å². The van der Waals surface area contributed by atoms with Gasteiger partial charge in [-0.25, -0.2) is 0 Å². The predicted octanol–water partition coefficient (Wildman–Crippen LogP) is 4.47. The normalized spacial score (nSPS) is 12.4. The van der Waals surface area contributed by atoms with Crippen LogP contribution in [0.25, 0.3) is 0 Å². The van der Waals surface area contributed by atoms with Crippen molar-refractivity contribution in [3.63, 3.8) is 0 Å². The second kappa shape index (κ2) is 7.60. The van der Waals surface area contributed by atoms with Gasteiger partial charge in [-0.2, -0.15) is 0 Å². The molecule has 2 N–H and O–H groups in total. The zero-order valence-electron chi connectivity index (χ0n) is 15.8. The van der Waals surface area contributed by atoms with E-state index in [-0.39, 0.29) is 5.91 Å². The highest BCUT2D eigenvalue weighted by Crippen LogP contribution is 2.32. The summed E-state index contributed by atoms with van der Waals surface area (Å²) in [5.74, 6) is 1.07. The molecule has 4 rings (SSSR count). The van der Waals surface area contributed by atoms with Crippen LogP contribution in [0.5, 0.6) is 11.5 Å². The molecule has 0 radical (unpaired) electrons. The third kappa shape index (κ3) is 3.91. The third-order valence-electron chi connectivity index (χ3n) is 4.60. The molecule has 0 aliphatic carbocycles. The zero-order chi connectivity index (χ0) is 19.5. The molecule has 0 atom stereocenters. The summed E-state index contributed by atoms with van der Waals surface area (Å²) in [5, 5.41) is 6.17. The van der Waals surface area contributed by atoms with E-state index in [2.05, 4.69) is 41.6 Å². The van der Waals surface area contributed by atoms with Crippen molar-refractivity contribution in [2.45, 2.75) is 13.8 Å². The minimum absolute atomic E-state index is 0.243. The van der Waals surface area contributed by atoms with Crippen LogP contribution in [-0.4, -0.2) is 24.1 Å². The Hall–Kier alpha value is -3.54. The number of ether oxygens (including phenoxy) is 2. The summed E-state index contributed by atoms with van der Waals surface area (Å²) in [6.07, 6.45) is 3.23. The number of pyridine rings is 1. The number of nitrogens with one attached hydrogen (secondary N) is 2. The molecular formula is C22H21N3O3. The Morgan fingerprint density at radius 2 is 1.64 bits per heavy atom. The number of amides is 1. The number of benzene rings is 2. The second-order valence-corrected chi connectivity index (χ2v) is 6.70. The fourth-order valence-corrected chi connectivity index (χ4v) is 2.94. The van der Waals surface area contributed by atoms with Gasteiger partial charge in [-0.3, -0.25) is 9.78 Å². The molecule has 0 saturated heterocycles. The molecule has 1 aliphatic rings. The Labute approximate surface area is 163 Å². The van der Waals surface area contributed by atoms with Crippen LogP contribution in [0.4, 0.5) is 17.1 Å². The number of carbonyl (C=O) groups excluding carboxylic acids is 1. The monoisotopic (exact) mass is 375 g/mol. The second-order valence-electron chi connectivity index (χ2n) is 6.70. The van der Waals surface area contributed by atoms with Crippen molar-refractivity contribution < 1.29 is 14.3 Å². The van der Waals surface area contributed by atoms with E-state index < -0.39 is 0 Å². The van der Waals surface area contributed by atoms with Crippen LogP contribution in [0, 0.1) is 13.8 Å². The van der Waals surface area contributed by atoms with Crippen LogP contribution in [0.2, 0.25) is 0 Å². The number of hydrogen-bond acceptors (Lipinski definition) is 5. The summed E-state index contributed by atoms with van der Waals surface area (Å²) in [6, 6.07) is 13.2. The Morgan fingerprint density at radius 3 is 2.46 bits per heavy atom. The average molecular weight is 375 g/mol. The van der Waals surface area contributed by atoms with Crippen LogP contribution in [0.1, 0.15) is 21.5 Å². The molecule has 6 nitrogen and oxygen atoms in total. The van der Waals surface area contributed by atoms with Gasteiger partial charge in [0.25, 0.3) is 5.91 Å². The standard InChI is InChI=1S/C22H21N3O3/c1-14-3-4-17(9-15(14)2)24-19-10-16(12-23-13-19)22(26)25-18-5-6-20-21(11-18)28-8-7-27-20/h3-6,9-13,24H,7-8H2,1-2H3,(H,25,26). The molecule has 0 spiro atoms. The molecule has 3 aromatic rings. The topological polar surface area (TPSA) is 72.5 Å². The number of nitrogens with zero attached hydrogens (tertiary/aromatic N) is 1. The summed E-state index contributed by atoms with van der Waals surface area (Å²) >= 11 is 0. The molecule has 2 heterocycles. The lowest BCUT2D eigenvalue weighted by Gasteiger charge is -2.19. The maximum Gasteiger partial charge on any atom is 0.257 e. The van der Waals surface area contributed by atoms with Crippen molar-refractivity contribution in [3.05, 3.63) is 71.5 Å². The van der Waals surface area contributed by atoms with E-state index in [0.717, 1.165) is 11.4 Å². The van der Waals surface area contributed by atoms with Gasteiger partial charge in [-0.15, -0.1) is 0 Å². The number of anilines is 3. The van der Waals surface area contributed by atoms with Crippen LogP contribution in [0.3, 0.4) is 0 Å². The largest absolute Gasteiger partial charge is 0.486 e. The molecule has 0 bridgehead atoms. The van der Waals surface area contributed by atoms with Crippen molar-refractivity contribution in [2.24, 2.45) is 0 Å². The number of rotatable bonds is 4. The lowest BCUT2D eigenvalue weighted by atomic mass is 10.1. The number of carbonyl (C=O) groups is 1. The molecule has 1 amide bonds. The van der Waals surface area contributed by atoms with Crippen molar-refractivity contribution in [2.75, 3.05) is 23.8 Å². The van der Waals surface area contributed by atoms with Crippen LogP contribution in [0.15, 0.2) is 54.9 Å². The highest BCUT2D eigenvalue weighted by molar-refractivity contribution is 6.04. The fourth-order valence-electron chi connectivity index (χ4n) is 2.94. The Morgan fingerprint density at radius 1 is 0.857 bits per heavy atom. The first-order chi connectivity index (χ1) is 13.6. The van der Waals surface area contributed by atoms with Gasteiger partial charge in [0.05, 0.1) is 17.4 Å². The van der Waals surface area contributed by atoms with Crippen LogP contribution < -0.4 is 20.1 Å². The highest BCUT2D eigenvalue weighted by Gasteiger charge is 2.14. The van der Waals surface area contributed by atoms with Crippen molar-refractivity contribution >= 4 is 23.0 Å². The van der Waals surface area contributed by atoms with Gasteiger partial charge in [0.15, 0.2) is 11.5 Å². The number of hydrogen-bond donors (Lipinski definition) is 2. The van der Waals surface area contributed by atoms with E-state index >= 15 is 0 Å². The maximum absolute atomic E-state index is 12.6. The van der Waals surface area contributed by atoms with Crippen LogP contribution >= 0.6 is 0 Å². The van der Waals surface area contributed by atoms with Crippen LogP contribution in [-0.2, 0) is 0 Å². The first-order valence-corrected chi connectivity index (χ1v) is 9.09. The van der Waals surface area contributed by atoms with Crippen molar-refractivity contribution in [3.8, 4) is 11.5 Å². The van der Waals surface area contributed by atoms with Crippen molar-refractivity contribution in [1.82, 2.24) is 4.98 Å². The first-order valence-electron chi connectivity index (χ1n) is 9.09. The van der Waals surface area contributed by atoms with E-state index in [9.17, 15) is 4.79 Å². The van der Waals surface area contributed by atoms with E-state index in [0.29, 0.717) is 36.0 Å². The number of aryl methyl sites for hydroxylation is 2. The average Bonchev–Trinajstić information content (AvgIpc) is 2.71. The molecule has 1 aromatic heterocycles. The SMILES string of the molecule is Cc1ccc(Nc2cncc(C(=O)Nc3ccc4c(c3)OCCO4)c2)cc1C. The Bertz CT molecular complexity index is 1030. The number of fused-ring (bicyclic) bond motifs is 1.